The number of amides is 2. The lowest BCUT2D eigenvalue weighted by molar-refractivity contribution is -0.182. The summed E-state index contributed by atoms with van der Waals surface area (Å²) in [6.07, 6.45) is 3.69. The molecule has 0 bridgehead atoms. The highest BCUT2D eigenvalue weighted by atomic mass is 16.6. The number of piperidine rings is 1. The van der Waals surface area contributed by atoms with Crippen LogP contribution < -0.4 is 5.32 Å². The van der Waals surface area contributed by atoms with Crippen LogP contribution in [0.5, 0.6) is 0 Å². The van der Waals surface area contributed by atoms with Gasteiger partial charge in [0.25, 0.3) is 11.7 Å². The molecule has 0 unspecified atom stereocenters. The average Bonchev–Trinajstić information content (AvgIpc) is 3.63. The highest BCUT2D eigenvalue weighted by Crippen LogP contribution is 2.45. The number of ketones is 2. The monoisotopic (exact) mass is 928 g/mol. The fourth-order valence-corrected chi connectivity index (χ4v) is 10.6. The van der Waals surface area contributed by atoms with Crippen molar-refractivity contribution in [1.82, 2.24) is 10.2 Å². The second-order valence-electron chi connectivity index (χ2n) is 19.4. The predicted octanol–water partition coefficient (Wildman–Crippen LogP) is 7.53. The van der Waals surface area contributed by atoms with Gasteiger partial charge in [0.1, 0.15) is 42.5 Å². The molecule has 9 atom stereocenters. The van der Waals surface area contributed by atoms with Gasteiger partial charge in [0.2, 0.25) is 0 Å². The van der Waals surface area contributed by atoms with Gasteiger partial charge < -0.3 is 39.1 Å². The summed E-state index contributed by atoms with van der Waals surface area (Å²) in [7, 11) is 0. The number of rotatable bonds is 21. The maximum absolute atomic E-state index is 14.2. The lowest BCUT2D eigenvalue weighted by Gasteiger charge is -2.43. The molecule has 2 aromatic rings. The summed E-state index contributed by atoms with van der Waals surface area (Å²) in [5, 5.41) is 11.7. The number of carboxylic acids is 1. The van der Waals surface area contributed by atoms with Gasteiger partial charge in [-0.3, -0.25) is 24.0 Å². The standard InChI is InChI=1S/C52H68N2O13/c1-32-28-35(19-21-44(32)65-47(59)23-22-46(57)58)29-33(2)45(66-50(62)43-17-9-10-26-54(43)49(61)48(60)52(4)34(3)18-20-37(67-52)24-27-55)30-36(56)12-11-25-53-51(63)64-31-42-40-15-7-5-13-38(40)39-14-6-8-16-41(39)42/h5-8,13-16,27,32-35,37,42-45H,9-12,17-26,28-31H2,1-4H3,(H,53,63)(H,57,58)/t32-,33-,34-,35-,37+,43+,44-,45+,52-/m1/s1. The number of alkyl carbamates (subject to hydrolysis) is 1. The van der Waals surface area contributed by atoms with Gasteiger partial charge in [-0.25, -0.2) is 9.59 Å². The summed E-state index contributed by atoms with van der Waals surface area (Å²) in [6.45, 7) is 7.86. The first-order valence-corrected chi connectivity index (χ1v) is 24.3. The number of nitrogens with zero attached hydrogens (tertiary/aromatic N) is 1. The number of hydrogen-bond acceptors (Lipinski definition) is 12. The Morgan fingerprint density at radius 1 is 0.910 bits per heavy atom. The maximum Gasteiger partial charge on any atom is 0.407 e. The predicted molar refractivity (Wildman–Crippen MR) is 246 cm³/mol. The van der Waals surface area contributed by atoms with Gasteiger partial charge in [0.05, 0.1) is 18.9 Å². The second-order valence-corrected chi connectivity index (χ2v) is 19.4. The van der Waals surface area contributed by atoms with E-state index >= 15 is 0 Å². The third-order valence-corrected chi connectivity index (χ3v) is 14.6. The van der Waals surface area contributed by atoms with E-state index < -0.39 is 59.5 Å². The molecule has 2 aliphatic carbocycles. The molecule has 0 aromatic heterocycles. The molecule has 67 heavy (non-hydrogen) atoms. The maximum atomic E-state index is 14.2. The van der Waals surface area contributed by atoms with Crippen molar-refractivity contribution >= 4 is 47.8 Å². The minimum Gasteiger partial charge on any atom is -0.481 e. The fourth-order valence-electron chi connectivity index (χ4n) is 10.6. The number of hydrogen-bond donors (Lipinski definition) is 2. The summed E-state index contributed by atoms with van der Waals surface area (Å²) in [6, 6.07) is 15.1. The second kappa shape index (κ2) is 23.5. The number of Topliss-reactive ketones (excluding diaryl/α,β-unsaturated/α-hetero) is 2. The lowest BCUT2D eigenvalue weighted by atomic mass is 9.75. The van der Waals surface area contributed by atoms with Gasteiger partial charge in [0.15, 0.2) is 0 Å². The molecule has 3 fully saturated rings. The summed E-state index contributed by atoms with van der Waals surface area (Å²) >= 11 is 0. The molecule has 0 spiro atoms. The Kier molecular flexibility index (Phi) is 17.9. The largest absolute Gasteiger partial charge is 0.481 e. The first kappa shape index (κ1) is 51.0. The molecule has 2 aromatic carbocycles. The molecule has 364 valence electrons. The Hall–Kier alpha value is -5.44. The number of carbonyl (C=O) groups is 8. The molecular formula is C52H68N2O13. The molecule has 2 saturated heterocycles. The first-order valence-electron chi connectivity index (χ1n) is 24.3. The number of nitrogens with one attached hydrogen (secondary N) is 1. The minimum atomic E-state index is -1.47. The van der Waals surface area contributed by atoms with Gasteiger partial charge >= 0.3 is 24.0 Å². The summed E-state index contributed by atoms with van der Waals surface area (Å²) in [5.41, 5.74) is 2.98. The molecule has 15 nitrogen and oxygen atoms in total. The van der Waals surface area contributed by atoms with Crippen molar-refractivity contribution in [3.63, 3.8) is 0 Å². The van der Waals surface area contributed by atoms with Crippen molar-refractivity contribution in [3.05, 3.63) is 59.7 Å². The molecule has 1 saturated carbocycles. The van der Waals surface area contributed by atoms with E-state index in [2.05, 4.69) is 17.4 Å². The molecule has 0 radical (unpaired) electrons. The van der Waals surface area contributed by atoms with Gasteiger partial charge in [-0.05, 0) is 117 Å². The van der Waals surface area contributed by atoms with E-state index in [0.29, 0.717) is 57.8 Å². The van der Waals surface area contributed by atoms with Crippen LogP contribution in [-0.4, -0.2) is 107 Å². The van der Waals surface area contributed by atoms with Crippen LogP contribution in [0.3, 0.4) is 0 Å². The van der Waals surface area contributed by atoms with Crippen LogP contribution in [0.2, 0.25) is 0 Å². The Morgan fingerprint density at radius 2 is 1.61 bits per heavy atom. The highest BCUT2D eigenvalue weighted by Gasteiger charge is 2.50. The van der Waals surface area contributed by atoms with E-state index in [0.717, 1.165) is 28.5 Å². The highest BCUT2D eigenvalue weighted by molar-refractivity contribution is 6.39. The third-order valence-electron chi connectivity index (χ3n) is 14.6. The van der Waals surface area contributed by atoms with Crippen molar-refractivity contribution in [2.45, 2.75) is 160 Å². The average molecular weight is 929 g/mol. The van der Waals surface area contributed by atoms with Gasteiger partial charge in [-0.15, -0.1) is 0 Å². The van der Waals surface area contributed by atoms with Gasteiger partial charge in [-0.2, -0.15) is 0 Å². The van der Waals surface area contributed by atoms with Crippen LogP contribution in [-0.2, 0) is 52.5 Å². The molecule has 4 aliphatic rings. The Bertz CT molecular complexity index is 2080. The molecule has 2 N–H and O–H groups in total. The zero-order valence-corrected chi connectivity index (χ0v) is 39.4. The summed E-state index contributed by atoms with van der Waals surface area (Å²) in [4.78, 5) is 105. The van der Waals surface area contributed by atoms with Crippen LogP contribution in [0, 0.1) is 23.7 Å². The number of ether oxygens (including phenoxy) is 4. The zero-order valence-electron chi connectivity index (χ0n) is 39.4. The van der Waals surface area contributed by atoms with E-state index in [1.165, 1.54) is 4.90 Å². The lowest BCUT2D eigenvalue weighted by Crippen LogP contribution is -2.59. The zero-order chi connectivity index (χ0) is 48.3. The Balaban J connectivity index is 1.06. The molecular weight excluding hydrogens is 861 g/mol. The Labute approximate surface area is 393 Å². The van der Waals surface area contributed by atoms with Gasteiger partial charge in [-0.1, -0.05) is 69.3 Å². The fraction of sp³-hybridized carbons (Fsp3) is 0.615. The van der Waals surface area contributed by atoms with Crippen molar-refractivity contribution in [3.8, 4) is 11.1 Å². The SMILES string of the molecule is C[C@H](C[C@@H]1CC[C@@H](OC(=O)CCC(=O)O)[C@H](C)C1)[C@H](CC(=O)CCCNC(=O)OCC1c2ccccc2-c2ccccc21)OC(=O)[C@@H]1CCCCN1C(=O)C(=O)[C@]1(C)O[C@H](CC=O)CC[C@H]1C. The van der Waals surface area contributed by atoms with Crippen molar-refractivity contribution in [2.24, 2.45) is 23.7 Å². The number of aliphatic carboxylic acids is 1. The number of esters is 2. The van der Waals surface area contributed by atoms with E-state index in [-0.39, 0.29) is 99.7 Å². The van der Waals surface area contributed by atoms with E-state index in [4.69, 9.17) is 24.1 Å². The van der Waals surface area contributed by atoms with Gasteiger partial charge in [0, 0.05) is 38.3 Å². The van der Waals surface area contributed by atoms with Crippen molar-refractivity contribution in [2.75, 3.05) is 19.7 Å². The van der Waals surface area contributed by atoms with Crippen LogP contribution in [0.15, 0.2) is 48.5 Å². The van der Waals surface area contributed by atoms with Crippen LogP contribution in [0.1, 0.15) is 141 Å². The topological polar surface area (TPSA) is 209 Å². The number of fused-ring (bicyclic) bond motifs is 3. The molecule has 2 amide bonds. The Morgan fingerprint density at radius 3 is 2.28 bits per heavy atom. The third kappa shape index (κ3) is 13.0. The minimum absolute atomic E-state index is 0.00267. The quantitative estimate of drug-likeness (QED) is 0.0409. The van der Waals surface area contributed by atoms with Crippen LogP contribution in [0.4, 0.5) is 4.79 Å². The molecule has 2 heterocycles. The molecule has 15 heteroatoms. The summed E-state index contributed by atoms with van der Waals surface area (Å²) in [5.74, 6) is -4.59. The number of likely N-dealkylation sites (tertiary alicyclic amines) is 1. The first-order chi connectivity index (χ1) is 32.1. The number of benzene rings is 2. The van der Waals surface area contributed by atoms with Crippen LogP contribution in [0.25, 0.3) is 11.1 Å². The number of carboxylic acid groups (broad SMARTS) is 1. The summed E-state index contributed by atoms with van der Waals surface area (Å²) < 4.78 is 23.7. The van der Waals surface area contributed by atoms with E-state index in [1.54, 1.807) is 6.92 Å². The normalized spacial score (nSPS) is 25.6. The number of carbonyl (C=O) groups excluding carboxylic acids is 7. The smallest absolute Gasteiger partial charge is 0.407 e. The van der Waals surface area contributed by atoms with Crippen molar-refractivity contribution in [1.29, 1.82) is 0 Å². The molecule has 6 rings (SSSR count). The van der Waals surface area contributed by atoms with E-state index in [9.17, 15) is 38.4 Å². The number of aldehydes is 1. The van der Waals surface area contributed by atoms with E-state index in [1.807, 2.05) is 57.2 Å². The molecule has 2 aliphatic heterocycles. The van der Waals surface area contributed by atoms with Crippen LogP contribution >= 0.6 is 0 Å². The van der Waals surface area contributed by atoms with Crippen molar-refractivity contribution < 1.29 is 62.4 Å².